The van der Waals surface area contributed by atoms with E-state index in [1.54, 1.807) is 42.7 Å². The lowest BCUT2D eigenvalue weighted by atomic mass is 10.2. The van der Waals surface area contributed by atoms with Crippen LogP contribution in [0.1, 0.15) is 46.4 Å². The van der Waals surface area contributed by atoms with Gasteiger partial charge in [0.25, 0.3) is 11.8 Å². The number of benzene rings is 1. The van der Waals surface area contributed by atoms with Gasteiger partial charge in [-0.25, -0.2) is 9.67 Å². The summed E-state index contributed by atoms with van der Waals surface area (Å²) in [6.07, 6.45) is 4.71. The van der Waals surface area contributed by atoms with E-state index >= 15 is 0 Å². The number of amides is 2. The molecule has 0 aliphatic heterocycles. The minimum atomic E-state index is -0.331. The highest BCUT2D eigenvalue weighted by Crippen LogP contribution is 2.17. The molecule has 3 aromatic heterocycles. The standard InChI is InChI=1S/C22H21N5O3/c1-14(2)27-20-16(13-25-27)10-17(12-23-20)21(28)24-11-15-5-3-6-18(9-15)26-22(29)19-7-4-8-30-19/h3-10,12-14H,11H2,1-2H3,(H,24,28)(H,26,29). The first-order valence-corrected chi connectivity index (χ1v) is 9.56. The molecule has 0 unspecified atom stereocenters. The maximum atomic E-state index is 12.6. The molecule has 4 aromatic rings. The molecule has 0 aliphatic carbocycles. The Kier molecular flexibility index (Phi) is 5.30. The Hall–Kier alpha value is -3.94. The number of anilines is 1. The molecule has 8 nitrogen and oxygen atoms in total. The fourth-order valence-corrected chi connectivity index (χ4v) is 3.09. The van der Waals surface area contributed by atoms with Crippen molar-refractivity contribution in [2.24, 2.45) is 0 Å². The number of carbonyl (C=O) groups is 2. The Bertz CT molecular complexity index is 1190. The molecular formula is C22H21N5O3. The van der Waals surface area contributed by atoms with E-state index in [-0.39, 0.29) is 23.6 Å². The minimum absolute atomic E-state index is 0.190. The van der Waals surface area contributed by atoms with Crippen LogP contribution in [0, 0.1) is 0 Å². The van der Waals surface area contributed by atoms with Gasteiger partial charge in [0.2, 0.25) is 0 Å². The summed E-state index contributed by atoms with van der Waals surface area (Å²) in [4.78, 5) is 29.1. The Balaban J connectivity index is 1.41. The number of hydrogen-bond donors (Lipinski definition) is 2. The number of nitrogens with one attached hydrogen (secondary N) is 2. The van der Waals surface area contributed by atoms with Crippen molar-refractivity contribution in [1.29, 1.82) is 0 Å². The summed E-state index contributed by atoms with van der Waals surface area (Å²) in [5, 5.41) is 10.8. The van der Waals surface area contributed by atoms with Crippen molar-refractivity contribution >= 4 is 28.5 Å². The zero-order valence-corrected chi connectivity index (χ0v) is 16.6. The number of rotatable bonds is 6. The second kappa shape index (κ2) is 8.20. The van der Waals surface area contributed by atoms with Gasteiger partial charge >= 0.3 is 0 Å². The molecule has 0 bridgehead atoms. The molecule has 0 aliphatic rings. The van der Waals surface area contributed by atoms with Crippen molar-refractivity contribution < 1.29 is 14.0 Å². The van der Waals surface area contributed by atoms with Crippen molar-refractivity contribution in [2.45, 2.75) is 26.4 Å². The summed E-state index contributed by atoms with van der Waals surface area (Å²) in [6, 6.07) is 12.5. The van der Waals surface area contributed by atoms with E-state index in [0.29, 0.717) is 17.8 Å². The Labute approximate surface area is 172 Å². The molecule has 1 aromatic carbocycles. The fourth-order valence-electron chi connectivity index (χ4n) is 3.09. The summed E-state index contributed by atoms with van der Waals surface area (Å²) >= 11 is 0. The highest BCUT2D eigenvalue weighted by atomic mass is 16.3. The molecule has 0 fully saturated rings. The van der Waals surface area contributed by atoms with Crippen LogP contribution in [0.5, 0.6) is 0 Å². The zero-order chi connectivity index (χ0) is 21.1. The number of hydrogen-bond acceptors (Lipinski definition) is 5. The van der Waals surface area contributed by atoms with E-state index in [2.05, 4.69) is 20.7 Å². The molecule has 0 saturated heterocycles. The van der Waals surface area contributed by atoms with Crippen LogP contribution >= 0.6 is 0 Å². The van der Waals surface area contributed by atoms with Crippen LogP contribution in [0.25, 0.3) is 11.0 Å². The van der Waals surface area contributed by atoms with E-state index in [0.717, 1.165) is 16.6 Å². The van der Waals surface area contributed by atoms with Crippen molar-refractivity contribution in [3.63, 3.8) is 0 Å². The van der Waals surface area contributed by atoms with Gasteiger partial charge in [0.1, 0.15) is 0 Å². The average molecular weight is 403 g/mol. The first-order valence-electron chi connectivity index (χ1n) is 9.56. The van der Waals surface area contributed by atoms with Crippen molar-refractivity contribution in [3.05, 3.63) is 78.0 Å². The minimum Gasteiger partial charge on any atom is -0.459 e. The van der Waals surface area contributed by atoms with Crippen LogP contribution in [0.15, 0.2) is 65.5 Å². The van der Waals surface area contributed by atoms with E-state index < -0.39 is 0 Å². The quantitative estimate of drug-likeness (QED) is 0.510. The van der Waals surface area contributed by atoms with Crippen LogP contribution in [0.4, 0.5) is 5.69 Å². The number of nitrogens with zero attached hydrogens (tertiary/aromatic N) is 3. The largest absolute Gasteiger partial charge is 0.459 e. The van der Waals surface area contributed by atoms with Crippen LogP contribution in [0.2, 0.25) is 0 Å². The third-order valence-electron chi connectivity index (χ3n) is 4.57. The van der Waals surface area contributed by atoms with E-state index in [1.807, 2.05) is 30.7 Å². The Morgan fingerprint density at radius 1 is 1.10 bits per heavy atom. The average Bonchev–Trinajstić information content (AvgIpc) is 3.41. The molecule has 2 amide bonds. The Morgan fingerprint density at radius 3 is 2.73 bits per heavy atom. The van der Waals surface area contributed by atoms with Crippen LogP contribution in [-0.4, -0.2) is 26.6 Å². The monoisotopic (exact) mass is 403 g/mol. The number of pyridine rings is 1. The van der Waals surface area contributed by atoms with E-state index in [1.165, 1.54) is 6.26 Å². The maximum Gasteiger partial charge on any atom is 0.291 e. The topological polar surface area (TPSA) is 102 Å². The van der Waals surface area contributed by atoms with Crippen LogP contribution in [-0.2, 0) is 6.54 Å². The normalized spacial score (nSPS) is 11.0. The van der Waals surface area contributed by atoms with Crippen LogP contribution in [0.3, 0.4) is 0 Å². The van der Waals surface area contributed by atoms with Gasteiger partial charge in [-0.15, -0.1) is 0 Å². The van der Waals surface area contributed by atoms with E-state index in [9.17, 15) is 9.59 Å². The lowest BCUT2D eigenvalue weighted by Gasteiger charge is -2.09. The predicted molar refractivity (Wildman–Crippen MR) is 112 cm³/mol. The Morgan fingerprint density at radius 2 is 1.97 bits per heavy atom. The SMILES string of the molecule is CC(C)n1ncc2cc(C(=O)NCc3cccc(NC(=O)c4ccco4)c3)cnc21. The summed E-state index contributed by atoms with van der Waals surface area (Å²) in [5.74, 6) is -0.327. The second-order valence-corrected chi connectivity index (χ2v) is 7.13. The summed E-state index contributed by atoms with van der Waals surface area (Å²) in [7, 11) is 0. The van der Waals surface area contributed by atoms with E-state index in [4.69, 9.17) is 4.42 Å². The van der Waals surface area contributed by atoms with Crippen molar-refractivity contribution in [1.82, 2.24) is 20.1 Å². The highest BCUT2D eigenvalue weighted by Gasteiger charge is 2.12. The third-order valence-corrected chi connectivity index (χ3v) is 4.57. The zero-order valence-electron chi connectivity index (χ0n) is 16.6. The number of aromatic nitrogens is 3. The lowest BCUT2D eigenvalue weighted by molar-refractivity contribution is 0.0949. The molecule has 8 heteroatoms. The summed E-state index contributed by atoms with van der Waals surface area (Å²) < 4.78 is 6.91. The summed E-state index contributed by atoms with van der Waals surface area (Å²) in [5.41, 5.74) is 2.68. The van der Waals surface area contributed by atoms with Gasteiger partial charge in [0.15, 0.2) is 11.4 Å². The lowest BCUT2D eigenvalue weighted by Crippen LogP contribution is -2.23. The first-order chi connectivity index (χ1) is 14.5. The summed E-state index contributed by atoms with van der Waals surface area (Å²) in [6.45, 7) is 4.37. The fraction of sp³-hybridized carbons (Fsp3) is 0.182. The number of carbonyl (C=O) groups excluding carboxylic acids is 2. The van der Waals surface area contributed by atoms with Gasteiger partial charge in [-0.3, -0.25) is 9.59 Å². The molecule has 152 valence electrons. The van der Waals surface area contributed by atoms with Gasteiger partial charge in [-0.1, -0.05) is 12.1 Å². The van der Waals surface area contributed by atoms with Gasteiger partial charge < -0.3 is 15.1 Å². The number of furan rings is 1. The molecule has 0 radical (unpaired) electrons. The molecule has 0 spiro atoms. The third kappa shape index (κ3) is 4.07. The molecule has 3 heterocycles. The maximum absolute atomic E-state index is 12.6. The van der Waals surface area contributed by atoms with Crippen LogP contribution < -0.4 is 10.6 Å². The highest BCUT2D eigenvalue weighted by molar-refractivity contribution is 6.02. The molecule has 30 heavy (non-hydrogen) atoms. The van der Waals surface area contributed by atoms with Gasteiger partial charge in [0.05, 0.1) is 18.0 Å². The van der Waals surface area contributed by atoms with Gasteiger partial charge in [0, 0.05) is 29.9 Å². The second-order valence-electron chi connectivity index (χ2n) is 7.13. The first kappa shape index (κ1) is 19.4. The molecule has 0 saturated carbocycles. The van der Waals surface area contributed by atoms with Crippen molar-refractivity contribution in [2.75, 3.05) is 5.32 Å². The smallest absolute Gasteiger partial charge is 0.291 e. The number of fused-ring (bicyclic) bond motifs is 1. The molecule has 4 rings (SSSR count). The molecule has 2 N–H and O–H groups in total. The van der Waals surface area contributed by atoms with Gasteiger partial charge in [-0.2, -0.15) is 5.10 Å². The van der Waals surface area contributed by atoms with Gasteiger partial charge in [-0.05, 0) is 49.7 Å². The van der Waals surface area contributed by atoms with Crippen molar-refractivity contribution in [3.8, 4) is 0 Å². The molecule has 0 atom stereocenters. The predicted octanol–water partition coefficient (Wildman–Crippen LogP) is 3.79. The molecular weight excluding hydrogens is 382 g/mol.